The van der Waals surface area contributed by atoms with Crippen LogP contribution >= 0.6 is 0 Å². The normalized spacial score (nSPS) is 18.7. The highest BCUT2D eigenvalue weighted by molar-refractivity contribution is 5.59. The highest BCUT2D eigenvalue weighted by Gasteiger charge is 2.27. The zero-order chi connectivity index (χ0) is 12.6. The molecule has 0 saturated carbocycles. The number of H-pyrrole nitrogens is 1. The Labute approximate surface area is 103 Å². The third kappa shape index (κ3) is 2.54. The number of piperazine rings is 1. The minimum absolute atomic E-state index is 0.249. The minimum Gasteiger partial charge on any atom is -0.382 e. The molecule has 5 nitrogen and oxygen atoms in total. The number of rotatable bonds is 1. The first-order valence-corrected chi connectivity index (χ1v) is 6.20. The second-order valence-electron chi connectivity index (χ2n) is 5.70. The number of imidazole rings is 1. The maximum absolute atomic E-state index is 5.92. The molecule has 1 saturated heterocycles. The van der Waals surface area contributed by atoms with Gasteiger partial charge < -0.3 is 15.6 Å². The molecule has 2 rings (SSSR count). The molecular weight excluding hydrogens is 214 g/mol. The van der Waals surface area contributed by atoms with Gasteiger partial charge in [0.2, 0.25) is 0 Å². The van der Waals surface area contributed by atoms with Crippen LogP contribution in [-0.2, 0) is 0 Å². The Morgan fingerprint density at radius 3 is 2.18 bits per heavy atom. The number of aryl methyl sites for hydroxylation is 1. The number of hydrogen-bond acceptors (Lipinski definition) is 4. The lowest BCUT2D eigenvalue weighted by Gasteiger charge is -2.42. The Bertz CT molecular complexity index is 382. The van der Waals surface area contributed by atoms with Gasteiger partial charge in [0.1, 0.15) is 11.6 Å². The predicted molar refractivity (Wildman–Crippen MR) is 71.3 cm³/mol. The second-order valence-corrected chi connectivity index (χ2v) is 5.70. The first-order chi connectivity index (χ1) is 7.88. The molecule has 0 aromatic carbocycles. The van der Waals surface area contributed by atoms with Crippen molar-refractivity contribution in [2.75, 3.05) is 36.8 Å². The third-order valence-corrected chi connectivity index (χ3v) is 3.36. The highest BCUT2D eigenvalue weighted by Crippen LogP contribution is 2.23. The molecule has 5 heteroatoms. The van der Waals surface area contributed by atoms with Crippen molar-refractivity contribution >= 4 is 11.6 Å². The smallest absolute Gasteiger partial charge is 0.171 e. The van der Waals surface area contributed by atoms with Crippen LogP contribution in [0.3, 0.4) is 0 Å². The van der Waals surface area contributed by atoms with E-state index in [0.717, 1.165) is 37.8 Å². The zero-order valence-electron chi connectivity index (χ0n) is 11.2. The number of hydrogen-bond donors (Lipinski definition) is 2. The van der Waals surface area contributed by atoms with Crippen molar-refractivity contribution in [3.8, 4) is 0 Å². The number of nitrogen functional groups attached to an aromatic ring is 1. The van der Waals surface area contributed by atoms with Gasteiger partial charge in [0.05, 0.1) is 0 Å². The van der Waals surface area contributed by atoms with E-state index in [0.29, 0.717) is 5.82 Å². The molecule has 96 valence electrons. The molecule has 1 aromatic rings. The molecule has 0 radical (unpaired) electrons. The average molecular weight is 237 g/mol. The summed E-state index contributed by atoms with van der Waals surface area (Å²) < 4.78 is 0. The molecule has 0 atom stereocenters. The van der Waals surface area contributed by atoms with E-state index < -0.39 is 0 Å². The van der Waals surface area contributed by atoms with Crippen LogP contribution in [0.4, 0.5) is 11.6 Å². The molecule has 0 aliphatic carbocycles. The monoisotopic (exact) mass is 237 g/mol. The van der Waals surface area contributed by atoms with Crippen LogP contribution in [0.15, 0.2) is 0 Å². The average Bonchev–Trinajstić information content (AvgIpc) is 2.57. The standard InChI is InChI=1S/C12H23N5/c1-9-14-10(13)11(15-9)16-5-7-17(8-6-16)12(2,3)4/h5-8,13H2,1-4H3,(H,14,15). The minimum atomic E-state index is 0.249. The van der Waals surface area contributed by atoms with Gasteiger partial charge in [-0.15, -0.1) is 0 Å². The summed E-state index contributed by atoms with van der Waals surface area (Å²) in [5, 5.41) is 0. The van der Waals surface area contributed by atoms with Gasteiger partial charge in [0, 0.05) is 31.7 Å². The van der Waals surface area contributed by atoms with E-state index in [4.69, 9.17) is 5.73 Å². The summed E-state index contributed by atoms with van der Waals surface area (Å²) in [7, 11) is 0. The number of nitrogens with zero attached hydrogens (tertiary/aromatic N) is 3. The van der Waals surface area contributed by atoms with Gasteiger partial charge in [0.15, 0.2) is 5.82 Å². The number of nitrogens with one attached hydrogen (secondary N) is 1. The molecule has 0 amide bonds. The molecule has 0 bridgehead atoms. The summed E-state index contributed by atoms with van der Waals surface area (Å²) in [4.78, 5) is 12.3. The highest BCUT2D eigenvalue weighted by atomic mass is 15.3. The molecule has 1 aliphatic rings. The molecule has 1 aliphatic heterocycles. The Balaban J connectivity index is 2.02. The van der Waals surface area contributed by atoms with E-state index in [-0.39, 0.29) is 5.54 Å². The molecule has 1 fully saturated rings. The molecule has 0 spiro atoms. The second kappa shape index (κ2) is 4.22. The van der Waals surface area contributed by atoms with Crippen molar-refractivity contribution < 1.29 is 0 Å². The van der Waals surface area contributed by atoms with E-state index in [1.165, 1.54) is 0 Å². The Hall–Kier alpha value is -1.23. The summed E-state index contributed by atoms with van der Waals surface area (Å²) in [5.41, 5.74) is 6.17. The van der Waals surface area contributed by atoms with Gasteiger partial charge in [-0.1, -0.05) is 0 Å². The molecule has 2 heterocycles. The largest absolute Gasteiger partial charge is 0.382 e. The van der Waals surface area contributed by atoms with Crippen LogP contribution in [0.5, 0.6) is 0 Å². The fraction of sp³-hybridized carbons (Fsp3) is 0.750. The number of aromatic amines is 1. The van der Waals surface area contributed by atoms with Crippen molar-refractivity contribution in [1.29, 1.82) is 0 Å². The van der Waals surface area contributed by atoms with Gasteiger partial charge in [-0.25, -0.2) is 4.98 Å². The van der Waals surface area contributed by atoms with Gasteiger partial charge in [-0.2, -0.15) is 0 Å². The SMILES string of the molecule is Cc1nc(N2CCN(C(C)(C)C)CC2)c(N)[nH]1. The first kappa shape index (κ1) is 12.2. The summed E-state index contributed by atoms with van der Waals surface area (Å²) >= 11 is 0. The summed E-state index contributed by atoms with van der Waals surface area (Å²) in [5.74, 6) is 2.48. The predicted octanol–water partition coefficient (Wildman–Crippen LogP) is 1.22. The van der Waals surface area contributed by atoms with Crippen LogP contribution in [-0.4, -0.2) is 46.6 Å². The van der Waals surface area contributed by atoms with Crippen LogP contribution in [0.2, 0.25) is 0 Å². The van der Waals surface area contributed by atoms with E-state index in [1.54, 1.807) is 0 Å². The molecule has 1 aromatic heterocycles. The van der Waals surface area contributed by atoms with Crippen molar-refractivity contribution in [2.45, 2.75) is 33.2 Å². The third-order valence-electron chi connectivity index (χ3n) is 3.36. The number of aromatic nitrogens is 2. The lowest BCUT2D eigenvalue weighted by atomic mass is 10.1. The van der Waals surface area contributed by atoms with Crippen LogP contribution < -0.4 is 10.6 Å². The fourth-order valence-corrected chi connectivity index (χ4v) is 2.33. The maximum atomic E-state index is 5.92. The van der Waals surface area contributed by atoms with E-state index in [9.17, 15) is 0 Å². The van der Waals surface area contributed by atoms with Crippen molar-refractivity contribution in [3.05, 3.63) is 5.82 Å². The fourth-order valence-electron chi connectivity index (χ4n) is 2.33. The topological polar surface area (TPSA) is 61.2 Å². The van der Waals surface area contributed by atoms with Crippen LogP contribution in [0.25, 0.3) is 0 Å². The van der Waals surface area contributed by atoms with Crippen molar-refractivity contribution in [1.82, 2.24) is 14.9 Å². The maximum Gasteiger partial charge on any atom is 0.171 e. The lowest BCUT2D eigenvalue weighted by Crippen LogP contribution is -2.53. The first-order valence-electron chi connectivity index (χ1n) is 6.20. The van der Waals surface area contributed by atoms with Gasteiger partial charge in [0.25, 0.3) is 0 Å². The van der Waals surface area contributed by atoms with Gasteiger partial charge in [-0.3, -0.25) is 4.90 Å². The Kier molecular flexibility index (Phi) is 3.03. The summed E-state index contributed by atoms with van der Waals surface area (Å²) in [6.07, 6.45) is 0. The molecule has 17 heavy (non-hydrogen) atoms. The van der Waals surface area contributed by atoms with Crippen molar-refractivity contribution in [2.24, 2.45) is 0 Å². The quantitative estimate of drug-likeness (QED) is 0.771. The van der Waals surface area contributed by atoms with Crippen LogP contribution in [0, 0.1) is 6.92 Å². The zero-order valence-corrected chi connectivity index (χ0v) is 11.2. The molecule has 3 N–H and O–H groups in total. The lowest BCUT2D eigenvalue weighted by molar-refractivity contribution is 0.128. The van der Waals surface area contributed by atoms with E-state index in [1.807, 2.05) is 6.92 Å². The molecular formula is C12H23N5. The number of nitrogens with two attached hydrogens (primary N) is 1. The van der Waals surface area contributed by atoms with Gasteiger partial charge in [-0.05, 0) is 27.7 Å². The van der Waals surface area contributed by atoms with Gasteiger partial charge >= 0.3 is 0 Å². The summed E-state index contributed by atoms with van der Waals surface area (Å²) in [6.45, 7) is 12.8. The Morgan fingerprint density at radius 1 is 1.18 bits per heavy atom. The van der Waals surface area contributed by atoms with E-state index >= 15 is 0 Å². The molecule has 0 unspecified atom stereocenters. The van der Waals surface area contributed by atoms with Crippen LogP contribution in [0.1, 0.15) is 26.6 Å². The van der Waals surface area contributed by atoms with E-state index in [2.05, 4.69) is 40.5 Å². The summed E-state index contributed by atoms with van der Waals surface area (Å²) in [6, 6.07) is 0. The number of anilines is 2. The van der Waals surface area contributed by atoms with Crippen molar-refractivity contribution in [3.63, 3.8) is 0 Å². The Morgan fingerprint density at radius 2 is 1.76 bits per heavy atom.